The van der Waals surface area contributed by atoms with Gasteiger partial charge in [-0.2, -0.15) is 0 Å². The molecule has 4 nitrogen and oxygen atoms in total. The number of para-hydroxylation sites is 1. The third-order valence-corrected chi connectivity index (χ3v) is 4.65. The number of hydrogen-bond donors (Lipinski definition) is 1. The molecule has 2 heterocycles. The van der Waals surface area contributed by atoms with Crippen molar-refractivity contribution in [3.8, 4) is 0 Å². The summed E-state index contributed by atoms with van der Waals surface area (Å²) in [5.74, 6) is 1.08. The second-order valence-corrected chi connectivity index (χ2v) is 6.32. The molecule has 0 radical (unpaired) electrons. The SMILES string of the molecule is CNCC1CCCN(C(=O)c2oc3c(C)cccc3c2C)C1. The number of likely N-dealkylation sites (tertiary alicyclic amines) is 1. The van der Waals surface area contributed by atoms with E-state index in [0.29, 0.717) is 11.7 Å². The Balaban J connectivity index is 1.89. The molecule has 3 rings (SSSR count). The zero-order valence-corrected chi connectivity index (χ0v) is 13.6. The molecule has 1 aromatic carbocycles. The van der Waals surface area contributed by atoms with E-state index in [1.54, 1.807) is 0 Å². The Labute approximate surface area is 131 Å². The summed E-state index contributed by atoms with van der Waals surface area (Å²) in [7, 11) is 1.97. The van der Waals surface area contributed by atoms with Gasteiger partial charge in [-0.1, -0.05) is 18.2 Å². The van der Waals surface area contributed by atoms with Crippen LogP contribution in [0.4, 0.5) is 0 Å². The Hall–Kier alpha value is -1.81. The number of aryl methyl sites for hydroxylation is 2. The maximum Gasteiger partial charge on any atom is 0.289 e. The van der Waals surface area contributed by atoms with Gasteiger partial charge in [-0.15, -0.1) is 0 Å². The molecule has 1 aliphatic heterocycles. The van der Waals surface area contributed by atoms with E-state index in [2.05, 4.69) is 5.32 Å². The Kier molecular flexibility index (Phi) is 4.21. The van der Waals surface area contributed by atoms with Gasteiger partial charge < -0.3 is 14.6 Å². The van der Waals surface area contributed by atoms with Crippen molar-refractivity contribution in [3.05, 3.63) is 35.1 Å². The van der Waals surface area contributed by atoms with Gasteiger partial charge in [0.2, 0.25) is 0 Å². The van der Waals surface area contributed by atoms with Crippen LogP contribution in [0.3, 0.4) is 0 Å². The number of nitrogens with zero attached hydrogens (tertiary/aromatic N) is 1. The number of rotatable bonds is 3. The molecule has 0 spiro atoms. The minimum Gasteiger partial charge on any atom is -0.450 e. The van der Waals surface area contributed by atoms with Crippen LogP contribution in [0.5, 0.6) is 0 Å². The van der Waals surface area contributed by atoms with E-state index < -0.39 is 0 Å². The molecular formula is C18H24N2O2. The van der Waals surface area contributed by atoms with Crippen molar-refractivity contribution < 1.29 is 9.21 Å². The van der Waals surface area contributed by atoms with Crippen molar-refractivity contribution in [1.29, 1.82) is 0 Å². The lowest BCUT2D eigenvalue weighted by atomic mass is 9.97. The number of carbonyl (C=O) groups excluding carboxylic acids is 1. The van der Waals surface area contributed by atoms with Crippen LogP contribution in [-0.2, 0) is 0 Å². The average molecular weight is 300 g/mol. The monoisotopic (exact) mass is 300 g/mol. The lowest BCUT2D eigenvalue weighted by molar-refractivity contribution is 0.0643. The first kappa shape index (κ1) is 15.1. The van der Waals surface area contributed by atoms with Crippen molar-refractivity contribution >= 4 is 16.9 Å². The molecule has 22 heavy (non-hydrogen) atoms. The van der Waals surface area contributed by atoms with Gasteiger partial charge in [0.1, 0.15) is 5.58 Å². The maximum absolute atomic E-state index is 12.9. The molecule has 4 heteroatoms. The standard InChI is InChI=1S/C18H24N2O2/c1-12-6-4-8-15-13(2)17(22-16(12)15)18(21)20-9-5-7-14(11-20)10-19-3/h4,6,8,14,19H,5,7,9-11H2,1-3H3. The lowest BCUT2D eigenvalue weighted by Crippen LogP contribution is -2.42. The molecule has 118 valence electrons. The fourth-order valence-electron chi connectivity index (χ4n) is 3.44. The van der Waals surface area contributed by atoms with Crippen LogP contribution in [0.1, 0.15) is 34.5 Å². The minimum atomic E-state index is 0.0360. The first-order valence-electron chi connectivity index (χ1n) is 8.04. The van der Waals surface area contributed by atoms with Gasteiger partial charge in [0.15, 0.2) is 5.76 Å². The van der Waals surface area contributed by atoms with Crippen molar-refractivity contribution in [2.24, 2.45) is 5.92 Å². The third-order valence-electron chi connectivity index (χ3n) is 4.65. The predicted octanol–water partition coefficient (Wildman–Crippen LogP) is 3.12. The van der Waals surface area contributed by atoms with Gasteiger partial charge >= 0.3 is 0 Å². The summed E-state index contributed by atoms with van der Waals surface area (Å²) in [5, 5.41) is 4.26. The summed E-state index contributed by atoms with van der Waals surface area (Å²) in [6.45, 7) is 6.60. The highest BCUT2D eigenvalue weighted by Crippen LogP contribution is 2.29. The van der Waals surface area contributed by atoms with Crippen LogP contribution in [-0.4, -0.2) is 37.5 Å². The molecule has 1 N–H and O–H groups in total. The number of piperidine rings is 1. The van der Waals surface area contributed by atoms with E-state index in [4.69, 9.17) is 4.42 Å². The fourth-order valence-corrected chi connectivity index (χ4v) is 3.44. The van der Waals surface area contributed by atoms with Gasteiger partial charge in [-0.05, 0) is 51.8 Å². The largest absolute Gasteiger partial charge is 0.450 e. The first-order valence-corrected chi connectivity index (χ1v) is 8.04. The number of fused-ring (bicyclic) bond motifs is 1. The second kappa shape index (κ2) is 6.13. The predicted molar refractivity (Wildman–Crippen MR) is 88.2 cm³/mol. The lowest BCUT2D eigenvalue weighted by Gasteiger charge is -2.32. The number of carbonyl (C=O) groups is 1. The van der Waals surface area contributed by atoms with E-state index >= 15 is 0 Å². The molecule has 0 saturated carbocycles. The molecular weight excluding hydrogens is 276 g/mol. The van der Waals surface area contributed by atoms with E-state index in [1.165, 1.54) is 6.42 Å². The van der Waals surface area contributed by atoms with Gasteiger partial charge in [0.05, 0.1) is 0 Å². The zero-order valence-electron chi connectivity index (χ0n) is 13.6. The number of hydrogen-bond acceptors (Lipinski definition) is 3. The first-order chi connectivity index (χ1) is 10.6. The van der Waals surface area contributed by atoms with Crippen LogP contribution in [0.25, 0.3) is 11.0 Å². The Morgan fingerprint density at radius 2 is 2.23 bits per heavy atom. The van der Waals surface area contributed by atoms with Crippen LogP contribution < -0.4 is 5.32 Å². The van der Waals surface area contributed by atoms with Gasteiger partial charge in [-0.3, -0.25) is 4.79 Å². The quantitative estimate of drug-likeness (QED) is 0.947. The smallest absolute Gasteiger partial charge is 0.289 e. The number of furan rings is 1. The average Bonchev–Trinajstić information content (AvgIpc) is 2.86. The molecule has 1 saturated heterocycles. The summed E-state index contributed by atoms with van der Waals surface area (Å²) in [6, 6.07) is 6.06. The summed E-state index contributed by atoms with van der Waals surface area (Å²) in [4.78, 5) is 14.8. The molecule has 0 bridgehead atoms. The van der Waals surface area contributed by atoms with Gasteiger partial charge in [0.25, 0.3) is 5.91 Å². The number of nitrogens with one attached hydrogen (secondary N) is 1. The third kappa shape index (κ3) is 2.63. The summed E-state index contributed by atoms with van der Waals surface area (Å²) in [6.07, 6.45) is 2.25. The highest BCUT2D eigenvalue weighted by atomic mass is 16.3. The molecule has 1 amide bonds. The topological polar surface area (TPSA) is 45.5 Å². The molecule has 1 aliphatic rings. The fraction of sp³-hybridized carbons (Fsp3) is 0.500. The molecule has 1 unspecified atom stereocenters. The molecule has 0 aliphatic carbocycles. The Morgan fingerprint density at radius 1 is 1.41 bits per heavy atom. The summed E-state index contributed by atoms with van der Waals surface area (Å²) in [5.41, 5.74) is 2.87. The maximum atomic E-state index is 12.9. The highest BCUT2D eigenvalue weighted by molar-refractivity contribution is 5.99. The zero-order chi connectivity index (χ0) is 15.7. The van der Waals surface area contributed by atoms with E-state index in [9.17, 15) is 4.79 Å². The van der Waals surface area contributed by atoms with Gasteiger partial charge in [0, 0.05) is 24.0 Å². The normalized spacial score (nSPS) is 18.9. The summed E-state index contributed by atoms with van der Waals surface area (Å²) >= 11 is 0. The minimum absolute atomic E-state index is 0.0360. The highest BCUT2D eigenvalue weighted by Gasteiger charge is 2.28. The number of benzene rings is 1. The molecule has 1 fully saturated rings. The van der Waals surface area contributed by atoms with Crippen molar-refractivity contribution in [1.82, 2.24) is 10.2 Å². The molecule has 1 atom stereocenters. The molecule has 2 aromatic rings. The van der Waals surface area contributed by atoms with Crippen LogP contribution in [0.2, 0.25) is 0 Å². The molecule has 1 aromatic heterocycles. The second-order valence-electron chi connectivity index (χ2n) is 6.32. The Morgan fingerprint density at radius 3 is 2.95 bits per heavy atom. The van der Waals surface area contributed by atoms with Gasteiger partial charge in [-0.25, -0.2) is 0 Å². The Bertz CT molecular complexity index is 688. The van der Waals surface area contributed by atoms with Crippen LogP contribution in [0.15, 0.2) is 22.6 Å². The van der Waals surface area contributed by atoms with E-state index in [-0.39, 0.29) is 5.91 Å². The number of amides is 1. The van der Waals surface area contributed by atoms with E-state index in [1.807, 2.05) is 44.0 Å². The van der Waals surface area contributed by atoms with E-state index in [0.717, 1.165) is 48.2 Å². The van der Waals surface area contributed by atoms with Crippen molar-refractivity contribution in [2.75, 3.05) is 26.7 Å². The summed E-state index contributed by atoms with van der Waals surface area (Å²) < 4.78 is 5.93. The van der Waals surface area contributed by atoms with Crippen LogP contribution in [0, 0.1) is 19.8 Å². The van der Waals surface area contributed by atoms with Crippen LogP contribution >= 0.6 is 0 Å². The van der Waals surface area contributed by atoms with Crippen molar-refractivity contribution in [3.63, 3.8) is 0 Å². The van der Waals surface area contributed by atoms with Crippen molar-refractivity contribution in [2.45, 2.75) is 26.7 Å².